The first-order valence-electron chi connectivity index (χ1n) is 6.69. The number of rotatable bonds is 6. The Kier molecular flexibility index (Phi) is 4.80. The molecule has 0 amide bonds. The first-order chi connectivity index (χ1) is 11.6. The number of para-hydroxylation sites is 1. The van der Waals surface area contributed by atoms with Crippen molar-refractivity contribution < 1.29 is 27.6 Å². The van der Waals surface area contributed by atoms with Gasteiger partial charge in [0.15, 0.2) is 6.61 Å². The Morgan fingerprint density at radius 3 is 2.88 bits per heavy atom. The number of aromatic nitrogens is 2. The molecule has 6 nitrogen and oxygen atoms in total. The molecular formula is C15H10F2N2O4S. The maximum atomic E-state index is 12.3. The van der Waals surface area contributed by atoms with Crippen molar-refractivity contribution in [2.24, 2.45) is 0 Å². The zero-order chi connectivity index (χ0) is 16.9. The number of carbonyl (C=O) groups is 1. The van der Waals surface area contributed by atoms with E-state index < -0.39 is 12.6 Å². The first-order valence-corrected chi connectivity index (χ1v) is 7.64. The molecule has 0 fully saturated rings. The quantitative estimate of drug-likeness (QED) is 0.629. The molecule has 0 saturated heterocycles. The molecule has 0 unspecified atom stereocenters. The van der Waals surface area contributed by atoms with Crippen LogP contribution in [-0.2, 0) is 11.3 Å². The van der Waals surface area contributed by atoms with Crippen LogP contribution >= 0.6 is 11.3 Å². The minimum atomic E-state index is -3.04. The number of benzene rings is 1. The molecule has 24 heavy (non-hydrogen) atoms. The SMILES string of the molecule is O=C(OCc1nc(-c2ccsc2)no1)c1ccccc1OC(F)F. The second kappa shape index (κ2) is 7.18. The van der Waals surface area contributed by atoms with E-state index in [1.807, 2.05) is 16.8 Å². The number of thiophene rings is 1. The summed E-state index contributed by atoms with van der Waals surface area (Å²) in [5.74, 6) is -0.621. The van der Waals surface area contributed by atoms with Crippen molar-refractivity contribution in [3.05, 3.63) is 52.5 Å². The normalized spacial score (nSPS) is 10.8. The van der Waals surface area contributed by atoms with E-state index in [4.69, 9.17) is 9.26 Å². The minimum Gasteiger partial charge on any atom is -0.452 e. The van der Waals surface area contributed by atoms with Crippen molar-refractivity contribution >= 4 is 17.3 Å². The molecular weight excluding hydrogens is 342 g/mol. The largest absolute Gasteiger partial charge is 0.452 e. The van der Waals surface area contributed by atoms with Gasteiger partial charge in [0.2, 0.25) is 5.82 Å². The molecule has 0 spiro atoms. The molecule has 0 aliphatic heterocycles. The molecule has 0 aliphatic carbocycles. The fourth-order valence-corrected chi connectivity index (χ4v) is 2.50. The van der Waals surface area contributed by atoms with Crippen LogP contribution in [0, 0.1) is 0 Å². The molecule has 0 bridgehead atoms. The number of esters is 1. The van der Waals surface area contributed by atoms with Crippen LogP contribution in [0.15, 0.2) is 45.6 Å². The van der Waals surface area contributed by atoms with E-state index >= 15 is 0 Å². The molecule has 124 valence electrons. The van der Waals surface area contributed by atoms with Crippen molar-refractivity contribution in [1.82, 2.24) is 10.1 Å². The van der Waals surface area contributed by atoms with Gasteiger partial charge in [-0.3, -0.25) is 0 Å². The van der Waals surface area contributed by atoms with Crippen molar-refractivity contribution in [3.63, 3.8) is 0 Å². The van der Waals surface area contributed by atoms with Crippen LogP contribution in [0.1, 0.15) is 16.2 Å². The fourth-order valence-electron chi connectivity index (χ4n) is 1.86. The molecule has 0 saturated carbocycles. The van der Waals surface area contributed by atoms with Crippen molar-refractivity contribution in [1.29, 1.82) is 0 Å². The molecule has 3 rings (SSSR count). The fraction of sp³-hybridized carbons (Fsp3) is 0.133. The number of hydrogen-bond donors (Lipinski definition) is 0. The van der Waals surface area contributed by atoms with Crippen molar-refractivity contribution in [2.45, 2.75) is 13.2 Å². The lowest BCUT2D eigenvalue weighted by molar-refractivity contribution is -0.0505. The zero-order valence-electron chi connectivity index (χ0n) is 12.0. The highest BCUT2D eigenvalue weighted by Gasteiger charge is 2.18. The van der Waals surface area contributed by atoms with E-state index in [2.05, 4.69) is 14.9 Å². The molecule has 0 N–H and O–H groups in total. The number of halogens is 2. The van der Waals surface area contributed by atoms with E-state index in [-0.39, 0.29) is 23.8 Å². The monoisotopic (exact) mass is 352 g/mol. The van der Waals surface area contributed by atoms with Gasteiger partial charge in [0.1, 0.15) is 11.3 Å². The number of carbonyl (C=O) groups excluding carboxylic acids is 1. The summed E-state index contributed by atoms with van der Waals surface area (Å²) in [4.78, 5) is 16.1. The topological polar surface area (TPSA) is 74.5 Å². The van der Waals surface area contributed by atoms with E-state index in [1.165, 1.54) is 35.6 Å². The van der Waals surface area contributed by atoms with E-state index in [0.29, 0.717) is 5.82 Å². The Labute approximate surface area is 138 Å². The first kappa shape index (κ1) is 16.1. The molecule has 2 aromatic heterocycles. The maximum Gasteiger partial charge on any atom is 0.387 e. The van der Waals surface area contributed by atoms with Crippen LogP contribution in [0.4, 0.5) is 8.78 Å². The summed E-state index contributed by atoms with van der Waals surface area (Å²) in [6.07, 6.45) is 0. The molecule has 3 aromatic rings. The van der Waals surface area contributed by atoms with Crippen molar-refractivity contribution in [3.8, 4) is 17.1 Å². The van der Waals surface area contributed by atoms with Gasteiger partial charge in [-0.2, -0.15) is 25.1 Å². The second-order valence-corrected chi connectivity index (χ2v) is 5.25. The lowest BCUT2D eigenvalue weighted by Crippen LogP contribution is -2.10. The predicted octanol–water partition coefficient (Wildman–Crippen LogP) is 3.76. The summed E-state index contributed by atoms with van der Waals surface area (Å²) >= 11 is 1.48. The predicted molar refractivity (Wildman–Crippen MR) is 79.8 cm³/mol. The zero-order valence-corrected chi connectivity index (χ0v) is 12.8. The molecule has 0 radical (unpaired) electrons. The summed E-state index contributed by atoms with van der Waals surface area (Å²) < 4.78 is 39.0. The third-order valence-electron chi connectivity index (χ3n) is 2.90. The van der Waals surface area contributed by atoms with Gasteiger partial charge < -0.3 is 14.0 Å². The van der Waals surface area contributed by atoms with Gasteiger partial charge in [0, 0.05) is 10.9 Å². The summed E-state index contributed by atoms with van der Waals surface area (Å²) in [5.41, 5.74) is 0.673. The van der Waals surface area contributed by atoms with Crippen LogP contribution in [-0.4, -0.2) is 22.7 Å². The Balaban J connectivity index is 1.66. The Hall–Kier alpha value is -2.81. The van der Waals surface area contributed by atoms with Gasteiger partial charge in [-0.25, -0.2) is 4.79 Å². The number of hydrogen-bond acceptors (Lipinski definition) is 7. The molecule has 0 aliphatic rings. The van der Waals surface area contributed by atoms with E-state index in [1.54, 1.807) is 0 Å². The minimum absolute atomic E-state index is 0.0943. The van der Waals surface area contributed by atoms with Gasteiger partial charge >= 0.3 is 12.6 Å². The lowest BCUT2D eigenvalue weighted by atomic mass is 10.2. The van der Waals surface area contributed by atoms with Crippen LogP contribution in [0.25, 0.3) is 11.4 Å². The summed E-state index contributed by atoms with van der Waals surface area (Å²) in [6, 6.07) is 7.38. The summed E-state index contributed by atoms with van der Waals surface area (Å²) in [6.45, 7) is -3.32. The van der Waals surface area contributed by atoms with Gasteiger partial charge in [0.05, 0.1) is 0 Å². The highest BCUT2D eigenvalue weighted by molar-refractivity contribution is 7.08. The van der Waals surface area contributed by atoms with E-state index in [9.17, 15) is 13.6 Å². The molecule has 0 atom stereocenters. The van der Waals surface area contributed by atoms with Crippen LogP contribution in [0.2, 0.25) is 0 Å². The Morgan fingerprint density at radius 1 is 1.29 bits per heavy atom. The Bertz CT molecular complexity index is 821. The van der Waals surface area contributed by atoms with Gasteiger partial charge in [-0.05, 0) is 23.6 Å². The highest BCUT2D eigenvalue weighted by Crippen LogP contribution is 2.22. The third kappa shape index (κ3) is 3.74. The van der Waals surface area contributed by atoms with E-state index in [0.717, 1.165) is 5.56 Å². The summed E-state index contributed by atoms with van der Waals surface area (Å²) in [5, 5.41) is 7.48. The van der Waals surface area contributed by atoms with Crippen molar-refractivity contribution in [2.75, 3.05) is 0 Å². The highest BCUT2D eigenvalue weighted by atomic mass is 32.1. The average molecular weight is 352 g/mol. The van der Waals surface area contributed by atoms with Crippen LogP contribution in [0.5, 0.6) is 5.75 Å². The van der Waals surface area contributed by atoms with Gasteiger partial charge in [-0.1, -0.05) is 17.3 Å². The second-order valence-electron chi connectivity index (χ2n) is 4.47. The number of ether oxygens (including phenoxy) is 2. The molecule has 9 heteroatoms. The molecule has 2 heterocycles. The average Bonchev–Trinajstić information content (AvgIpc) is 3.24. The summed E-state index contributed by atoms with van der Waals surface area (Å²) in [7, 11) is 0. The number of nitrogens with zero attached hydrogens (tertiary/aromatic N) is 2. The van der Waals surface area contributed by atoms with Gasteiger partial charge in [0.25, 0.3) is 5.89 Å². The Morgan fingerprint density at radius 2 is 2.12 bits per heavy atom. The van der Waals surface area contributed by atoms with Crippen LogP contribution in [0.3, 0.4) is 0 Å². The standard InChI is InChI=1S/C15H10F2N2O4S/c16-15(17)22-11-4-2-1-3-10(11)14(20)21-7-12-18-13(19-23-12)9-5-6-24-8-9/h1-6,8,15H,7H2. The van der Waals surface area contributed by atoms with Crippen LogP contribution < -0.4 is 4.74 Å². The number of alkyl halides is 2. The lowest BCUT2D eigenvalue weighted by Gasteiger charge is -2.09. The maximum absolute atomic E-state index is 12.3. The molecule has 1 aromatic carbocycles. The smallest absolute Gasteiger partial charge is 0.387 e. The third-order valence-corrected chi connectivity index (χ3v) is 3.58. The van der Waals surface area contributed by atoms with Gasteiger partial charge in [-0.15, -0.1) is 0 Å².